The van der Waals surface area contributed by atoms with Crippen LogP contribution in [0.5, 0.6) is 0 Å². The fraction of sp³-hybridized carbons (Fsp3) is 0. The molecule has 0 saturated carbocycles. The van der Waals surface area contributed by atoms with Crippen LogP contribution in [0.3, 0.4) is 0 Å². The summed E-state index contributed by atoms with van der Waals surface area (Å²) in [5, 5.41) is 3.00. The maximum Gasteiger partial charge on any atom is 0.198 e. The number of thiophene rings is 1. The van der Waals surface area contributed by atoms with E-state index in [0.717, 1.165) is 48.7 Å². The lowest BCUT2D eigenvalue weighted by Crippen LogP contribution is -2.07. The second kappa shape index (κ2) is 11.6. The molecule has 0 bridgehead atoms. The van der Waals surface area contributed by atoms with Gasteiger partial charge in [0, 0.05) is 33.0 Å². The van der Waals surface area contributed by atoms with Gasteiger partial charge in [-0.15, -0.1) is 11.3 Å². The molecule has 3 nitrogen and oxygen atoms in total. The number of Topliss-reactive ketones (excluding diaryl/α,β-unsaturated/α-hetero) is 2. The van der Waals surface area contributed by atoms with Crippen LogP contribution < -0.4 is 4.90 Å². The molecule has 1 aliphatic carbocycles. The number of ketones is 2. The Balaban J connectivity index is 1.19. The lowest BCUT2D eigenvalue weighted by molar-refractivity contribution is 0.0990. The highest BCUT2D eigenvalue weighted by atomic mass is 32.1. The number of fused-ring (bicyclic) bond motifs is 2. The number of hydrogen-bond donors (Lipinski definition) is 0. The van der Waals surface area contributed by atoms with E-state index in [1.54, 1.807) is 11.3 Å². The summed E-state index contributed by atoms with van der Waals surface area (Å²) in [6.45, 7) is 0. The largest absolute Gasteiger partial charge is 0.302 e. The maximum absolute atomic E-state index is 13.9. The first-order chi connectivity index (χ1) is 22.7. The molecular formula is C42H27NO2S. The quantitative estimate of drug-likeness (QED) is 0.139. The van der Waals surface area contributed by atoms with E-state index in [9.17, 15) is 9.59 Å². The molecule has 7 aromatic rings. The van der Waals surface area contributed by atoms with Gasteiger partial charge in [0.25, 0.3) is 0 Å². The number of carbonyl (C=O) groups excluding carboxylic acids is 2. The predicted octanol–water partition coefficient (Wildman–Crippen LogP) is 10.9. The lowest BCUT2D eigenvalue weighted by Gasteiger charge is -2.23. The van der Waals surface area contributed by atoms with Crippen LogP contribution in [0.1, 0.15) is 31.8 Å². The SMILES string of the molecule is O=C1C(=C(c2ccccc2)c2ccc(-c3ccc(N(c4ccccc4)c4ccccc4)s3)cc2)C(=O)c2cc3ccccc3cc21. The molecule has 1 heterocycles. The van der Waals surface area contributed by atoms with Crippen molar-refractivity contribution in [2.45, 2.75) is 0 Å². The van der Waals surface area contributed by atoms with Crippen LogP contribution in [-0.4, -0.2) is 11.6 Å². The van der Waals surface area contributed by atoms with Crippen molar-refractivity contribution in [1.82, 2.24) is 0 Å². The Morgan fingerprint density at radius 2 is 0.957 bits per heavy atom. The van der Waals surface area contributed by atoms with Gasteiger partial charge in [-0.05, 0) is 76.0 Å². The van der Waals surface area contributed by atoms with E-state index in [1.807, 2.05) is 91.0 Å². The fourth-order valence-electron chi connectivity index (χ4n) is 6.24. The van der Waals surface area contributed by atoms with Crippen LogP contribution in [0.2, 0.25) is 0 Å². The van der Waals surface area contributed by atoms with E-state index < -0.39 is 0 Å². The highest BCUT2D eigenvalue weighted by Gasteiger charge is 2.36. The molecule has 0 unspecified atom stereocenters. The van der Waals surface area contributed by atoms with Gasteiger partial charge in [0.1, 0.15) is 5.00 Å². The van der Waals surface area contributed by atoms with Gasteiger partial charge >= 0.3 is 0 Å². The minimum Gasteiger partial charge on any atom is -0.302 e. The van der Waals surface area contributed by atoms with Gasteiger partial charge in [0.05, 0.1) is 5.57 Å². The van der Waals surface area contributed by atoms with E-state index in [0.29, 0.717) is 16.7 Å². The van der Waals surface area contributed by atoms with Crippen LogP contribution in [-0.2, 0) is 0 Å². The Kier molecular flexibility index (Phi) is 6.97. The molecule has 4 heteroatoms. The van der Waals surface area contributed by atoms with Crippen LogP contribution in [0.4, 0.5) is 16.4 Å². The Morgan fingerprint density at radius 3 is 1.50 bits per heavy atom. The molecule has 6 aromatic carbocycles. The summed E-state index contributed by atoms with van der Waals surface area (Å²) in [4.78, 5) is 31.3. The molecule has 0 atom stereocenters. The summed E-state index contributed by atoms with van der Waals surface area (Å²) in [5.41, 5.74) is 6.75. The Hall–Kier alpha value is -5.84. The molecule has 8 rings (SSSR count). The Labute approximate surface area is 271 Å². The smallest absolute Gasteiger partial charge is 0.198 e. The standard InChI is InChI=1S/C42H27NO2S/c44-41-35-26-31-14-10-11-15-32(31)27-36(35)42(45)40(41)39(29-12-4-1-5-13-29)30-22-20-28(21-23-30)37-24-25-38(46-37)43(33-16-6-2-7-17-33)34-18-8-3-9-19-34/h1-27H. The van der Waals surface area contributed by atoms with Gasteiger partial charge in [-0.25, -0.2) is 0 Å². The van der Waals surface area contributed by atoms with Crippen molar-refractivity contribution < 1.29 is 9.59 Å². The summed E-state index contributed by atoms with van der Waals surface area (Å²) >= 11 is 1.72. The zero-order valence-corrected chi connectivity index (χ0v) is 25.6. The van der Waals surface area contributed by atoms with Gasteiger partial charge in [-0.1, -0.05) is 115 Å². The molecule has 0 radical (unpaired) electrons. The summed E-state index contributed by atoms with van der Waals surface area (Å²) in [6.07, 6.45) is 0. The van der Waals surface area contributed by atoms with Gasteiger partial charge in [-0.3, -0.25) is 9.59 Å². The van der Waals surface area contributed by atoms with Gasteiger partial charge in [0.15, 0.2) is 11.6 Å². The fourth-order valence-corrected chi connectivity index (χ4v) is 7.29. The summed E-state index contributed by atoms with van der Waals surface area (Å²) in [5.74, 6) is -0.447. The summed E-state index contributed by atoms with van der Waals surface area (Å²) in [7, 11) is 0. The zero-order chi connectivity index (χ0) is 31.0. The second-order valence-electron chi connectivity index (χ2n) is 11.2. The molecule has 0 spiro atoms. The first-order valence-electron chi connectivity index (χ1n) is 15.2. The van der Waals surface area contributed by atoms with Crippen molar-refractivity contribution in [3.05, 3.63) is 192 Å². The normalized spacial score (nSPS) is 12.4. The highest BCUT2D eigenvalue weighted by molar-refractivity contribution is 7.19. The molecule has 46 heavy (non-hydrogen) atoms. The first-order valence-corrected chi connectivity index (χ1v) is 16.0. The number of para-hydroxylation sites is 2. The minimum absolute atomic E-state index is 0.224. The third-order valence-electron chi connectivity index (χ3n) is 8.44. The second-order valence-corrected chi connectivity index (χ2v) is 12.3. The molecule has 218 valence electrons. The number of benzene rings is 6. The van der Waals surface area contributed by atoms with Crippen LogP contribution in [0.25, 0.3) is 26.8 Å². The van der Waals surface area contributed by atoms with Crippen molar-refractivity contribution in [3.63, 3.8) is 0 Å². The number of rotatable bonds is 6. The third-order valence-corrected chi connectivity index (χ3v) is 9.56. The van der Waals surface area contributed by atoms with Crippen molar-refractivity contribution >= 4 is 55.6 Å². The van der Waals surface area contributed by atoms with Crippen LogP contribution >= 0.6 is 11.3 Å². The molecule has 0 amide bonds. The minimum atomic E-state index is -0.224. The number of allylic oxidation sites excluding steroid dienone is 1. The van der Waals surface area contributed by atoms with Gasteiger partial charge < -0.3 is 4.90 Å². The van der Waals surface area contributed by atoms with Crippen molar-refractivity contribution in [2.24, 2.45) is 0 Å². The number of carbonyl (C=O) groups is 2. The number of anilines is 3. The first kappa shape index (κ1) is 27.7. The predicted molar refractivity (Wildman–Crippen MR) is 190 cm³/mol. The molecule has 1 aromatic heterocycles. The molecular weight excluding hydrogens is 583 g/mol. The van der Waals surface area contributed by atoms with E-state index in [4.69, 9.17) is 0 Å². The van der Waals surface area contributed by atoms with Crippen molar-refractivity contribution in [2.75, 3.05) is 4.90 Å². The molecule has 1 aliphatic rings. The lowest BCUT2D eigenvalue weighted by atomic mass is 9.90. The molecule has 0 saturated heterocycles. The van der Waals surface area contributed by atoms with Gasteiger partial charge in [-0.2, -0.15) is 0 Å². The van der Waals surface area contributed by atoms with E-state index in [-0.39, 0.29) is 17.1 Å². The monoisotopic (exact) mass is 609 g/mol. The summed E-state index contributed by atoms with van der Waals surface area (Å²) in [6, 6.07) is 54.5. The molecule has 0 aliphatic heterocycles. The van der Waals surface area contributed by atoms with Crippen molar-refractivity contribution in [1.29, 1.82) is 0 Å². The van der Waals surface area contributed by atoms with E-state index >= 15 is 0 Å². The van der Waals surface area contributed by atoms with Crippen LogP contribution in [0.15, 0.2) is 169 Å². The number of hydrogen-bond acceptors (Lipinski definition) is 4. The Morgan fingerprint density at radius 1 is 0.478 bits per heavy atom. The van der Waals surface area contributed by atoms with E-state index in [2.05, 4.69) is 77.7 Å². The number of nitrogens with zero attached hydrogens (tertiary/aromatic N) is 1. The van der Waals surface area contributed by atoms with E-state index in [1.165, 1.54) is 0 Å². The Bertz CT molecular complexity index is 2170. The topological polar surface area (TPSA) is 37.4 Å². The highest BCUT2D eigenvalue weighted by Crippen LogP contribution is 2.42. The average molecular weight is 610 g/mol. The molecule has 0 fully saturated rings. The zero-order valence-electron chi connectivity index (χ0n) is 24.8. The van der Waals surface area contributed by atoms with Crippen LogP contribution in [0, 0.1) is 0 Å². The van der Waals surface area contributed by atoms with Gasteiger partial charge in [0.2, 0.25) is 0 Å². The average Bonchev–Trinajstić information content (AvgIpc) is 3.69. The summed E-state index contributed by atoms with van der Waals surface area (Å²) < 4.78 is 0. The molecule has 0 N–H and O–H groups in total. The van der Waals surface area contributed by atoms with Crippen molar-refractivity contribution in [3.8, 4) is 10.4 Å². The third kappa shape index (κ3) is 4.86. The maximum atomic E-state index is 13.9.